The maximum atomic E-state index is 5.19. The Hall–Kier alpha value is -2.63. The number of imidazole rings is 1. The van der Waals surface area contributed by atoms with Gasteiger partial charge in [0.15, 0.2) is 0 Å². The molecular formula is C11H12N6. The van der Waals surface area contributed by atoms with Crippen LogP contribution in [0.3, 0.4) is 0 Å². The fourth-order valence-electron chi connectivity index (χ4n) is 1.39. The third kappa shape index (κ3) is 2.69. The van der Waals surface area contributed by atoms with E-state index in [2.05, 4.69) is 15.2 Å². The van der Waals surface area contributed by atoms with E-state index in [0.717, 1.165) is 11.3 Å². The van der Waals surface area contributed by atoms with Crippen molar-refractivity contribution in [1.82, 2.24) is 9.55 Å². The number of aromatic nitrogens is 2. The molecule has 0 saturated carbocycles. The summed E-state index contributed by atoms with van der Waals surface area (Å²) in [5.41, 5.74) is 12.2. The fourth-order valence-corrected chi connectivity index (χ4v) is 1.39. The van der Waals surface area contributed by atoms with Crippen molar-refractivity contribution in [1.29, 1.82) is 0 Å². The van der Waals surface area contributed by atoms with Gasteiger partial charge in [-0.3, -0.25) is 0 Å². The first-order valence-electron chi connectivity index (χ1n) is 4.96. The van der Waals surface area contributed by atoms with Crippen molar-refractivity contribution in [2.24, 2.45) is 21.7 Å². The van der Waals surface area contributed by atoms with Gasteiger partial charge in [0.25, 0.3) is 0 Å². The summed E-state index contributed by atoms with van der Waals surface area (Å²) in [5.74, 6) is -0.0682. The molecule has 0 atom stereocenters. The van der Waals surface area contributed by atoms with Gasteiger partial charge in [-0.25, -0.2) is 4.98 Å². The van der Waals surface area contributed by atoms with Gasteiger partial charge in [0.1, 0.15) is 0 Å². The SMILES string of the molecule is NC(N)=NN=Cc1ccccc1-n1ccnc1. The summed E-state index contributed by atoms with van der Waals surface area (Å²) in [7, 11) is 0. The van der Waals surface area contributed by atoms with E-state index in [1.54, 1.807) is 18.7 Å². The van der Waals surface area contributed by atoms with Gasteiger partial charge in [-0.2, -0.15) is 5.10 Å². The highest BCUT2D eigenvalue weighted by molar-refractivity contribution is 5.85. The zero-order valence-electron chi connectivity index (χ0n) is 9.06. The molecule has 0 unspecified atom stereocenters. The lowest BCUT2D eigenvalue weighted by atomic mass is 10.2. The van der Waals surface area contributed by atoms with E-state index in [1.807, 2.05) is 35.0 Å². The second-order valence-corrected chi connectivity index (χ2v) is 3.30. The van der Waals surface area contributed by atoms with E-state index in [9.17, 15) is 0 Å². The van der Waals surface area contributed by atoms with E-state index in [0.29, 0.717) is 0 Å². The van der Waals surface area contributed by atoms with Crippen molar-refractivity contribution in [3.63, 3.8) is 0 Å². The molecule has 17 heavy (non-hydrogen) atoms. The lowest BCUT2D eigenvalue weighted by Gasteiger charge is -2.04. The van der Waals surface area contributed by atoms with Crippen LogP contribution in [-0.2, 0) is 0 Å². The number of hydrogen-bond donors (Lipinski definition) is 2. The molecule has 4 N–H and O–H groups in total. The predicted molar refractivity (Wildman–Crippen MR) is 67.0 cm³/mol. The molecule has 0 aliphatic rings. The highest BCUT2D eigenvalue weighted by Gasteiger charge is 2.00. The number of para-hydroxylation sites is 1. The number of guanidine groups is 1. The molecule has 1 heterocycles. The van der Waals surface area contributed by atoms with E-state index in [1.165, 1.54) is 0 Å². The monoisotopic (exact) mass is 228 g/mol. The normalized spacial score (nSPS) is 10.6. The van der Waals surface area contributed by atoms with Crippen molar-refractivity contribution in [3.8, 4) is 5.69 Å². The Balaban J connectivity index is 2.35. The maximum absolute atomic E-state index is 5.19. The summed E-state index contributed by atoms with van der Waals surface area (Å²) in [5, 5.41) is 7.35. The molecule has 0 saturated heterocycles. The smallest absolute Gasteiger partial charge is 0.211 e. The zero-order valence-corrected chi connectivity index (χ0v) is 9.06. The Morgan fingerprint density at radius 3 is 2.82 bits per heavy atom. The van der Waals surface area contributed by atoms with Crippen LogP contribution >= 0.6 is 0 Å². The van der Waals surface area contributed by atoms with Crippen molar-refractivity contribution in [2.45, 2.75) is 0 Å². The minimum absolute atomic E-state index is 0.0682. The summed E-state index contributed by atoms with van der Waals surface area (Å²) in [6.07, 6.45) is 6.87. The molecule has 2 rings (SSSR count). The van der Waals surface area contributed by atoms with Gasteiger partial charge in [0, 0.05) is 18.0 Å². The summed E-state index contributed by atoms with van der Waals surface area (Å²) < 4.78 is 1.89. The first kappa shape index (κ1) is 10.9. The second kappa shape index (κ2) is 4.93. The minimum Gasteiger partial charge on any atom is -0.369 e. The molecule has 0 aliphatic heterocycles. The van der Waals surface area contributed by atoms with E-state index in [4.69, 9.17) is 11.5 Å². The molecule has 2 aromatic rings. The minimum atomic E-state index is -0.0682. The Bertz CT molecular complexity index is 537. The lowest BCUT2D eigenvalue weighted by Crippen LogP contribution is -2.21. The van der Waals surface area contributed by atoms with Gasteiger partial charge >= 0.3 is 0 Å². The number of nitrogens with zero attached hydrogens (tertiary/aromatic N) is 4. The lowest BCUT2D eigenvalue weighted by molar-refractivity contribution is 1.05. The fraction of sp³-hybridized carbons (Fsp3) is 0. The van der Waals surface area contributed by atoms with E-state index < -0.39 is 0 Å². The highest BCUT2D eigenvalue weighted by Crippen LogP contribution is 2.11. The van der Waals surface area contributed by atoms with Gasteiger partial charge in [-0.1, -0.05) is 18.2 Å². The average Bonchev–Trinajstić information content (AvgIpc) is 2.82. The second-order valence-electron chi connectivity index (χ2n) is 3.30. The molecule has 1 aromatic heterocycles. The van der Waals surface area contributed by atoms with Crippen LogP contribution < -0.4 is 11.5 Å². The molecule has 0 spiro atoms. The predicted octanol–water partition coefficient (Wildman–Crippen LogP) is 0.480. The van der Waals surface area contributed by atoms with Crippen LogP contribution in [0.15, 0.2) is 53.2 Å². The van der Waals surface area contributed by atoms with E-state index in [-0.39, 0.29) is 5.96 Å². The topological polar surface area (TPSA) is 94.6 Å². The average molecular weight is 228 g/mol. The van der Waals surface area contributed by atoms with Gasteiger partial charge in [0.05, 0.1) is 18.2 Å². The molecule has 0 bridgehead atoms. The molecule has 0 fully saturated rings. The van der Waals surface area contributed by atoms with Crippen LogP contribution in [0.1, 0.15) is 5.56 Å². The van der Waals surface area contributed by atoms with Crippen molar-refractivity contribution < 1.29 is 0 Å². The summed E-state index contributed by atoms with van der Waals surface area (Å²) in [6, 6.07) is 7.73. The van der Waals surface area contributed by atoms with Crippen molar-refractivity contribution in [2.75, 3.05) is 0 Å². The molecule has 6 nitrogen and oxygen atoms in total. The van der Waals surface area contributed by atoms with Gasteiger partial charge < -0.3 is 16.0 Å². The molecular weight excluding hydrogens is 216 g/mol. The highest BCUT2D eigenvalue weighted by atomic mass is 15.3. The Kier molecular flexibility index (Phi) is 3.15. The Labute approximate surface area is 98.3 Å². The third-order valence-electron chi connectivity index (χ3n) is 2.09. The molecule has 0 radical (unpaired) electrons. The van der Waals surface area contributed by atoms with Crippen LogP contribution in [0.25, 0.3) is 5.69 Å². The first-order chi connectivity index (χ1) is 8.27. The Morgan fingerprint density at radius 1 is 1.29 bits per heavy atom. The van der Waals surface area contributed by atoms with Crippen LogP contribution in [0.5, 0.6) is 0 Å². The standard InChI is InChI=1S/C11H12N6/c12-11(13)16-15-7-9-3-1-2-4-10(9)17-6-5-14-8-17/h1-8H,(H4,12,13,16). The third-order valence-corrected chi connectivity index (χ3v) is 2.09. The van der Waals surface area contributed by atoms with Crippen LogP contribution in [-0.4, -0.2) is 21.7 Å². The van der Waals surface area contributed by atoms with Crippen LogP contribution in [0, 0.1) is 0 Å². The van der Waals surface area contributed by atoms with Gasteiger partial charge in [-0.15, -0.1) is 5.10 Å². The number of benzene rings is 1. The molecule has 86 valence electrons. The van der Waals surface area contributed by atoms with Crippen LogP contribution in [0.2, 0.25) is 0 Å². The van der Waals surface area contributed by atoms with Gasteiger partial charge in [-0.05, 0) is 6.07 Å². The summed E-state index contributed by atoms with van der Waals surface area (Å²) in [4.78, 5) is 4.00. The molecule has 0 amide bonds. The molecule has 6 heteroatoms. The van der Waals surface area contributed by atoms with Crippen molar-refractivity contribution >= 4 is 12.2 Å². The largest absolute Gasteiger partial charge is 0.369 e. The van der Waals surface area contributed by atoms with Crippen molar-refractivity contribution in [3.05, 3.63) is 48.5 Å². The maximum Gasteiger partial charge on any atom is 0.211 e. The summed E-state index contributed by atoms with van der Waals surface area (Å²) in [6.45, 7) is 0. The molecule has 1 aromatic carbocycles. The zero-order chi connectivity index (χ0) is 12.1. The number of hydrogen-bond acceptors (Lipinski definition) is 3. The Morgan fingerprint density at radius 2 is 2.12 bits per heavy atom. The number of rotatable bonds is 3. The first-order valence-corrected chi connectivity index (χ1v) is 4.96. The quantitative estimate of drug-likeness (QED) is 0.454. The van der Waals surface area contributed by atoms with Gasteiger partial charge in [0.2, 0.25) is 5.96 Å². The summed E-state index contributed by atoms with van der Waals surface area (Å²) >= 11 is 0. The number of nitrogens with two attached hydrogens (primary N) is 2. The molecule has 0 aliphatic carbocycles. The van der Waals surface area contributed by atoms with Crippen LogP contribution in [0.4, 0.5) is 0 Å². The van der Waals surface area contributed by atoms with E-state index >= 15 is 0 Å².